The highest BCUT2D eigenvalue weighted by Gasteiger charge is 2.36. The van der Waals surface area contributed by atoms with Gasteiger partial charge in [0.2, 0.25) is 11.8 Å². The van der Waals surface area contributed by atoms with Crippen molar-refractivity contribution in [2.45, 2.75) is 25.1 Å². The maximum Gasteiger partial charge on any atom is 0.338 e. The van der Waals surface area contributed by atoms with Gasteiger partial charge in [-0.2, -0.15) is 0 Å². The predicted molar refractivity (Wildman–Crippen MR) is 150 cm³/mol. The van der Waals surface area contributed by atoms with Gasteiger partial charge in [0.05, 0.1) is 24.4 Å². The fourth-order valence-corrected chi connectivity index (χ4v) is 4.97. The van der Waals surface area contributed by atoms with E-state index in [1.807, 2.05) is 54.6 Å². The molecule has 7 nitrogen and oxygen atoms in total. The molecule has 184 valence electrons. The van der Waals surface area contributed by atoms with Gasteiger partial charge in [-0.1, -0.05) is 42.1 Å². The number of ether oxygens (including phenoxy) is 1. The van der Waals surface area contributed by atoms with E-state index in [4.69, 9.17) is 9.73 Å². The summed E-state index contributed by atoms with van der Waals surface area (Å²) in [4.78, 5) is 44.5. The standard InChI is InChI=1S/C27H24IN3O4S/c1-2-35-26(34)19-8-12-22(13-9-19)30-27-31(17-18-6-4-3-5-7-18)24(32)16-23(36-27)25(33)29-21-14-10-20(28)11-15-21/h3-15,23H,2,16-17H2,1H3,(H,29,33). The second kappa shape index (κ2) is 12.2. The van der Waals surface area contributed by atoms with Crippen molar-refractivity contribution in [2.75, 3.05) is 11.9 Å². The SMILES string of the molecule is CCOC(=O)c1ccc(N=C2SC(C(=O)Nc3ccc(I)cc3)CC(=O)N2Cc2ccccc2)cc1. The van der Waals surface area contributed by atoms with Crippen molar-refractivity contribution in [1.29, 1.82) is 0 Å². The van der Waals surface area contributed by atoms with Gasteiger partial charge in [-0.25, -0.2) is 9.79 Å². The molecule has 0 bridgehead atoms. The fourth-order valence-electron chi connectivity index (χ4n) is 3.52. The largest absolute Gasteiger partial charge is 0.462 e. The molecule has 9 heteroatoms. The second-order valence-corrected chi connectivity index (χ2v) is 10.3. The highest BCUT2D eigenvalue weighted by atomic mass is 127. The van der Waals surface area contributed by atoms with Gasteiger partial charge in [-0.15, -0.1) is 0 Å². The van der Waals surface area contributed by atoms with E-state index in [1.54, 1.807) is 36.1 Å². The fraction of sp³-hybridized carbons (Fsp3) is 0.185. The Morgan fingerprint density at radius 1 is 1.06 bits per heavy atom. The van der Waals surface area contributed by atoms with Crippen LogP contribution in [0.15, 0.2) is 83.9 Å². The number of nitrogens with zero attached hydrogens (tertiary/aromatic N) is 2. The van der Waals surface area contributed by atoms with Crippen LogP contribution in [0, 0.1) is 3.57 Å². The van der Waals surface area contributed by atoms with Crippen LogP contribution < -0.4 is 5.32 Å². The minimum Gasteiger partial charge on any atom is -0.462 e. The molecule has 2 amide bonds. The minimum atomic E-state index is -0.624. The molecule has 1 aliphatic heterocycles. The maximum absolute atomic E-state index is 13.2. The topological polar surface area (TPSA) is 88.1 Å². The van der Waals surface area contributed by atoms with E-state index in [0.29, 0.717) is 35.3 Å². The van der Waals surface area contributed by atoms with E-state index < -0.39 is 11.2 Å². The summed E-state index contributed by atoms with van der Waals surface area (Å²) in [5, 5.41) is 2.71. The molecule has 0 saturated carbocycles. The van der Waals surface area contributed by atoms with Crippen LogP contribution in [-0.4, -0.2) is 39.7 Å². The first-order valence-electron chi connectivity index (χ1n) is 11.4. The molecule has 1 heterocycles. The van der Waals surface area contributed by atoms with Gasteiger partial charge in [0.15, 0.2) is 5.17 Å². The summed E-state index contributed by atoms with van der Waals surface area (Å²) < 4.78 is 6.10. The van der Waals surface area contributed by atoms with Crippen molar-refractivity contribution in [3.63, 3.8) is 0 Å². The molecule has 1 aliphatic rings. The lowest BCUT2D eigenvalue weighted by molar-refractivity contribution is -0.129. The number of rotatable bonds is 7. The summed E-state index contributed by atoms with van der Waals surface area (Å²) in [6, 6.07) is 23.8. The lowest BCUT2D eigenvalue weighted by Gasteiger charge is -2.32. The van der Waals surface area contributed by atoms with Crippen molar-refractivity contribution in [3.05, 3.63) is 93.6 Å². The summed E-state index contributed by atoms with van der Waals surface area (Å²) in [6.45, 7) is 2.39. The highest BCUT2D eigenvalue weighted by molar-refractivity contribution is 14.1. The molecule has 36 heavy (non-hydrogen) atoms. The molecule has 0 spiro atoms. The number of aliphatic imine (C=N–C) groups is 1. The number of nitrogens with one attached hydrogen (secondary N) is 1. The van der Waals surface area contributed by atoms with Crippen LogP contribution in [0.1, 0.15) is 29.3 Å². The monoisotopic (exact) mass is 613 g/mol. The van der Waals surface area contributed by atoms with Gasteiger partial charge in [-0.05, 0) is 83.6 Å². The van der Waals surface area contributed by atoms with E-state index in [0.717, 1.165) is 9.13 Å². The van der Waals surface area contributed by atoms with Crippen molar-refractivity contribution >= 4 is 68.7 Å². The number of carbonyl (C=O) groups is 3. The highest BCUT2D eigenvalue weighted by Crippen LogP contribution is 2.31. The Kier molecular flexibility index (Phi) is 8.76. The van der Waals surface area contributed by atoms with Crippen molar-refractivity contribution < 1.29 is 19.1 Å². The normalized spacial score (nSPS) is 16.6. The van der Waals surface area contributed by atoms with Crippen molar-refractivity contribution in [2.24, 2.45) is 4.99 Å². The van der Waals surface area contributed by atoms with E-state index >= 15 is 0 Å². The number of amides is 2. The average molecular weight is 613 g/mol. The Labute approximate surface area is 227 Å². The zero-order valence-corrected chi connectivity index (χ0v) is 22.5. The van der Waals surface area contributed by atoms with Crippen LogP contribution >= 0.6 is 34.4 Å². The molecule has 4 rings (SSSR count). The van der Waals surface area contributed by atoms with Gasteiger partial charge in [-0.3, -0.25) is 14.5 Å². The Balaban J connectivity index is 1.58. The molecule has 1 unspecified atom stereocenters. The lowest BCUT2D eigenvalue weighted by Crippen LogP contribution is -2.44. The first-order valence-corrected chi connectivity index (χ1v) is 13.3. The average Bonchev–Trinajstić information content (AvgIpc) is 2.88. The quantitative estimate of drug-likeness (QED) is 0.276. The maximum atomic E-state index is 13.2. The van der Waals surface area contributed by atoms with Gasteiger partial charge in [0, 0.05) is 15.7 Å². The molecule has 1 fully saturated rings. The number of thioether (sulfide) groups is 1. The number of anilines is 1. The number of benzene rings is 3. The van der Waals surface area contributed by atoms with E-state index in [-0.39, 0.29) is 18.2 Å². The Morgan fingerprint density at radius 3 is 2.42 bits per heavy atom. The predicted octanol–water partition coefficient (Wildman–Crippen LogP) is 5.63. The lowest BCUT2D eigenvalue weighted by atomic mass is 10.2. The van der Waals surface area contributed by atoms with E-state index in [9.17, 15) is 14.4 Å². The summed E-state index contributed by atoms with van der Waals surface area (Å²) in [5.41, 5.74) is 2.62. The van der Waals surface area contributed by atoms with Crippen LogP contribution in [0.25, 0.3) is 0 Å². The first kappa shape index (κ1) is 25.9. The van der Waals surface area contributed by atoms with Crippen LogP contribution in [0.5, 0.6) is 0 Å². The summed E-state index contributed by atoms with van der Waals surface area (Å²) in [5.74, 6) is -0.835. The van der Waals surface area contributed by atoms with Crippen LogP contribution in [0.4, 0.5) is 11.4 Å². The van der Waals surface area contributed by atoms with E-state index in [1.165, 1.54) is 11.8 Å². The first-order chi connectivity index (χ1) is 17.4. The minimum absolute atomic E-state index is 0.0640. The van der Waals surface area contributed by atoms with Crippen molar-refractivity contribution in [3.8, 4) is 0 Å². The number of halogens is 1. The third kappa shape index (κ3) is 6.73. The van der Waals surface area contributed by atoms with Crippen molar-refractivity contribution in [1.82, 2.24) is 4.90 Å². The Morgan fingerprint density at radius 2 is 1.75 bits per heavy atom. The van der Waals surface area contributed by atoms with Gasteiger partial charge in [0.25, 0.3) is 0 Å². The van der Waals surface area contributed by atoms with Gasteiger partial charge < -0.3 is 10.1 Å². The molecule has 3 aromatic carbocycles. The molecule has 0 aromatic heterocycles. The zero-order chi connectivity index (χ0) is 25.5. The van der Waals surface area contributed by atoms with Gasteiger partial charge in [0.1, 0.15) is 5.25 Å². The Bertz CT molecular complexity index is 1260. The summed E-state index contributed by atoms with van der Waals surface area (Å²) >= 11 is 3.46. The number of hydrogen-bond donors (Lipinski definition) is 1. The number of amidine groups is 1. The third-order valence-corrected chi connectivity index (χ3v) is 7.24. The molecule has 0 radical (unpaired) electrons. The molecule has 1 saturated heterocycles. The summed E-state index contributed by atoms with van der Waals surface area (Å²) in [6.07, 6.45) is 0.0640. The second-order valence-electron chi connectivity index (χ2n) is 7.93. The number of esters is 1. The van der Waals surface area contributed by atoms with Crippen LogP contribution in [0.2, 0.25) is 0 Å². The molecule has 1 N–H and O–H groups in total. The Hall–Kier alpha value is -3.18. The van der Waals surface area contributed by atoms with E-state index in [2.05, 4.69) is 27.9 Å². The van der Waals surface area contributed by atoms with Gasteiger partial charge >= 0.3 is 5.97 Å². The molecule has 0 aliphatic carbocycles. The zero-order valence-electron chi connectivity index (χ0n) is 19.5. The van der Waals surface area contributed by atoms with Crippen LogP contribution in [0.3, 0.4) is 0 Å². The molecule has 3 aromatic rings. The molecule has 1 atom stereocenters. The number of hydrogen-bond acceptors (Lipinski definition) is 6. The number of carbonyl (C=O) groups excluding carboxylic acids is 3. The van der Waals surface area contributed by atoms with Crippen LogP contribution in [-0.2, 0) is 20.9 Å². The molecular formula is C27H24IN3O4S. The summed E-state index contributed by atoms with van der Waals surface area (Å²) in [7, 11) is 0. The third-order valence-electron chi connectivity index (χ3n) is 5.33. The smallest absolute Gasteiger partial charge is 0.338 e. The molecular weight excluding hydrogens is 589 g/mol.